The van der Waals surface area contributed by atoms with Crippen LogP contribution >= 0.6 is 0 Å². The van der Waals surface area contributed by atoms with Crippen molar-refractivity contribution in [2.45, 2.75) is 37.6 Å². The molecule has 0 N–H and O–H groups in total. The Kier molecular flexibility index (Phi) is 6.02. The van der Waals surface area contributed by atoms with Gasteiger partial charge in [0.05, 0.1) is 17.2 Å². The lowest BCUT2D eigenvalue weighted by Gasteiger charge is -2.08. The fourth-order valence-corrected chi connectivity index (χ4v) is 5.36. The number of hydrogen-bond donors (Lipinski definition) is 0. The predicted octanol–water partition coefficient (Wildman–Crippen LogP) is 4.43. The second kappa shape index (κ2) is 9.04. The van der Waals surface area contributed by atoms with Crippen LogP contribution in [0.25, 0.3) is 23.1 Å². The van der Waals surface area contributed by atoms with Crippen molar-refractivity contribution in [3.63, 3.8) is 0 Å². The van der Waals surface area contributed by atoms with Crippen LogP contribution in [0.5, 0.6) is 5.75 Å². The van der Waals surface area contributed by atoms with E-state index >= 15 is 0 Å². The van der Waals surface area contributed by atoms with E-state index in [0.29, 0.717) is 11.4 Å². The van der Waals surface area contributed by atoms with E-state index in [1.807, 2.05) is 6.07 Å². The minimum absolute atomic E-state index is 0.0308. The lowest BCUT2D eigenvalue weighted by atomic mass is 10.2. The Balaban J connectivity index is 1.32. The van der Waals surface area contributed by atoms with Crippen molar-refractivity contribution < 1.29 is 30.8 Å². The number of rotatable bonds is 8. The van der Waals surface area contributed by atoms with Crippen LogP contribution in [-0.2, 0) is 16.4 Å². The minimum Gasteiger partial charge on any atom is -0.406 e. The van der Waals surface area contributed by atoms with Gasteiger partial charge < -0.3 is 9.26 Å². The van der Waals surface area contributed by atoms with E-state index in [4.69, 9.17) is 4.52 Å². The first-order valence-electron chi connectivity index (χ1n) is 11.0. The Labute approximate surface area is 203 Å². The quantitative estimate of drug-likeness (QED) is 0.336. The number of halogens is 3. The van der Waals surface area contributed by atoms with Gasteiger partial charge in [-0.3, -0.25) is 0 Å². The third-order valence-electron chi connectivity index (χ3n) is 5.56. The number of nitrogens with zero attached hydrogens (tertiary/aromatic N) is 5. The molecule has 188 valence electrons. The number of benzene rings is 2. The lowest BCUT2D eigenvalue weighted by molar-refractivity contribution is -0.274. The molecule has 1 fully saturated rings. The highest BCUT2D eigenvalue weighted by atomic mass is 32.2. The average molecular weight is 520 g/mol. The second-order valence-electron chi connectivity index (χ2n) is 8.51. The van der Waals surface area contributed by atoms with Crippen molar-refractivity contribution in [1.29, 1.82) is 0 Å². The first-order valence-corrected chi connectivity index (χ1v) is 12.6. The van der Waals surface area contributed by atoms with Crippen LogP contribution in [0, 0.1) is 12.8 Å². The Morgan fingerprint density at radius 3 is 2.53 bits per heavy atom. The van der Waals surface area contributed by atoms with Gasteiger partial charge in [0.1, 0.15) is 11.6 Å². The molecule has 5 rings (SSSR count). The zero-order valence-corrected chi connectivity index (χ0v) is 19.8. The summed E-state index contributed by atoms with van der Waals surface area (Å²) in [7, 11) is -3.34. The molecule has 0 spiro atoms. The van der Waals surface area contributed by atoms with Crippen molar-refractivity contribution >= 4 is 9.84 Å². The predicted molar refractivity (Wildman–Crippen MR) is 120 cm³/mol. The van der Waals surface area contributed by atoms with Crippen molar-refractivity contribution in [2.24, 2.45) is 5.92 Å². The monoisotopic (exact) mass is 519 g/mol. The molecule has 2 heterocycles. The Hall–Kier alpha value is -3.74. The molecule has 9 nitrogen and oxygen atoms in total. The maximum atomic E-state index is 12.6. The van der Waals surface area contributed by atoms with Crippen LogP contribution in [0.2, 0.25) is 0 Å². The van der Waals surface area contributed by atoms with Crippen molar-refractivity contribution in [3.05, 3.63) is 59.9 Å². The maximum absolute atomic E-state index is 12.6. The SMILES string of the molecule is Cc1nc(-c2nc(-c3ccc(OC(F)(F)F)cc3)no2)nn1Cc1cccc(S(=O)(=O)CC2CC2)c1. The molecule has 2 aromatic carbocycles. The molecule has 0 amide bonds. The van der Waals surface area contributed by atoms with E-state index in [1.54, 1.807) is 29.8 Å². The summed E-state index contributed by atoms with van der Waals surface area (Å²) < 4.78 is 73.0. The van der Waals surface area contributed by atoms with Crippen LogP contribution in [0.3, 0.4) is 0 Å². The fourth-order valence-electron chi connectivity index (χ4n) is 3.60. The summed E-state index contributed by atoms with van der Waals surface area (Å²) in [6.45, 7) is 2.02. The summed E-state index contributed by atoms with van der Waals surface area (Å²) in [6.07, 6.45) is -2.88. The van der Waals surface area contributed by atoms with Gasteiger partial charge in [0, 0.05) is 5.56 Å². The molecule has 1 saturated carbocycles. The molecule has 13 heteroatoms. The van der Waals surface area contributed by atoms with Gasteiger partial charge in [-0.1, -0.05) is 17.3 Å². The molecular formula is C23H20F3N5O4S. The summed E-state index contributed by atoms with van der Waals surface area (Å²) >= 11 is 0. The number of ether oxygens (including phenoxy) is 1. The largest absolute Gasteiger partial charge is 0.573 e. The zero-order valence-electron chi connectivity index (χ0n) is 18.9. The molecule has 1 aliphatic rings. The van der Waals surface area contributed by atoms with E-state index < -0.39 is 16.2 Å². The number of aryl methyl sites for hydroxylation is 1. The molecule has 0 bridgehead atoms. The molecule has 0 unspecified atom stereocenters. The first kappa shape index (κ1) is 24.0. The maximum Gasteiger partial charge on any atom is 0.573 e. The highest BCUT2D eigenvalue weighted by Gasteiger charge is 2.31. The molecule has 0 radical (unpaired) electrons. The third-order valence-corrected chi connectivity index (χ3v) is 7.44. The van der Waals surface area contributed by atoms with Crippen LogP contribution in [0.4, 0.5) is 13.2 Å². The summed E-state index contributed by atoms with van der Waals surface area (Å²) in [4.78, 5) is 8.88. The van der Waals surface area contributed by atoms with Crippen LogP contribution in [0.15, 0.2) is 57.9 Å². The van der Waals surface area contributed by atoms with Gasteiger partial charge in [-0.15, -0.1) is 18.3 Å². The third kappa shape index (κ3) is 5.56. The average Bonchev–Trinajstić information content (AvgIpc) is 3.34. The number of aromatic nitrogens is 5. The summed E-state index contributed by atoms with van der Waals surface area (Å²) in [6, 6.07) is 11.8. The number of hydrogen-bond acceptors (Lipinski definition) is 8. The van der Waals surface area contributed by atoms with Gasteiger partial charge in [0.2, 0.25) is 11.6 Å². The highest BCUT2D eigenvalue weighted by Crippen LogP contribution is 2.32. The molecular weight excluding hydrogens is 499 g/mol. The van der Waals surface area contributed by atoms with Crippen molar-refractivity contribution in [1.82, 2.24) is 24.9 Å². The van der Waals surface area contributed by atoms with Crippen LogP contribution in [0.1, 0.15) is 24.2 Å². The van der Waals surface area contributed by atoms with Crippen molar-refractivity contribution in [3.8, 4) is 28.9 Å². The summed E-state index contributed by atoms with van der Waals surface area (Å²) in [5, 5.41) is 8.25. The van der Waals surface area contributed by atoms with E-state index in [0.717, 1.165) is 30.5 Å². The van der Waals surface area contributed by atoms with Crippen molar-refractivity contribution in [2.75, 3.05) is 5.75 Å². The van der Waals surface area contributed by atoms with Gasteiger partial charge >= 0.3 is 6.36 Å². The first-order chi connectivity index (χ1) is 17.1. The Morgan fingerprint density at radius 1 is 1.08 bits per heavy atom. The lowest BCUT2D eigenvalue weighted by Crippen LogP contribution is -2.16. The highest BCUT2D eigenvalue weighted by molar-refractivity contribution is 7.91. The number of alkyl halides is 3. The van der Waals surface area contributed by atoms with Crippen LogP contribution in [-0.4, -0.2) is 45.4 Å². The fraction of sp³-hybridized carbons (Fsp3) is 0.304. The van der Waals surface area contributed by atoms with Gasteiger partial charge in [-0.05, 0) is 67.6 Å². The topological polar surface area (TPSA) is 113 Å². The van der Waals surface area contributed by atoms with E-state index in [1.165, 1.54) is 12.1 Å². The molecule has 0 atom stereocenters. The van der Waals surface area contributed by atoms with Gasteiger partial charge in [0.25, 0.3) is 5.89 Å². The number of sulfone groups is 1. The second-order valence-corrected chi connectivity index (χ2v) is 10.5. The van der Waals surface area contributed by atoms with E-state index in [9.17, 15) is 21.6 Å². The molecule has 36 heavy (non-hydrogen) atoms. The van der Waals surface area contributed by atoms with Gasteiger partial charge in [-0.2, -0.15) is 4.98 Å². The van der Waals surface area contributed by atoms with Gasteiger partial charge in [-0.25, -0.2) is 18.1 Å². The molecule has 1 aliphatic carbocycles. The minimum atomic E-state index is -4.78. The van der Waals surface area contributed by atoms with E-state index in [2.05, 4.69) is 25.0 Å². The van der Waals surface area contributed by atoms with Crippen LogP contribution < -0.4 is 4.74 Å². The standard InChI is InChI=1S/C23H20F3N5O4S/c1-14-27-21(22-28-20(30-35-22)17-7-9-18(10-8-17)34-23(24,25)26)29-31(14)12-16-3-2-4-19(11-16)36(32,33)13-15-5-6-15/h2-4,7-11,15H,5-6,12-13H2,1H3. The normalized spacial score (nSPS) is 14.2. The smallest absolute Gasteiger partial charge is 0.406 e. The zero-order chi connectivity index (χ0) is 25.5. The molecule has 0 saturated heterocycles. The van der Waals surface area contributed by atoms with E-state index in [-0.39, 0.29) is 46.4 Å². The molecule has 0 aliphatic heterocycles. The Morgan fingerprint density at radius 2 is 1.83 bits per heavy atom. The molecule has 2 aromatic heterocycles. The summed E-state index contributed by atoms with van der Waals surface area (Å²) in [5.74, 6) is 0.944. The Bertz CT molecular complexity index is 1490. The molecule has 4 aromatic rings. The van der Waals surface area contributed by atoms with Gasteiger partial charge in [0.15, 0.2) is 9.84 Å². The summed E-state index contributed by atoms with van der Waals surface area (Å²) in [5.41, 5.74) is 1.17.